The fourth-order valence-electron chi connectivity index (χ4n) is 2.69. The fourth-order valence-corrected chi connectivity index (χ4v) is 2.69. The van der Waals surface area contributed by atoms with Crippen molar-refractivity contribution in [3.63, 3.8) is 0 Å². The standard InChI is InChI=1S/C17H27O6/c1-7-10-14(21)23-17(9-3,16(6,8-2)11-18)15(12(4)19)22-13(5)20/h15H,7-10H2,1-6H3. The highest BCUT2D eigenvalue weighted by Gasteiger charge is 2.58. The largest absolute Gasteiger partial charge is 0.454 e. The van der Waals surface area contributed by atoms with E-state index in [0.717, 1.165) is 6.92 Å². The van der Waals surface area contributed by atoms with Crippen LogP contribution in [0.2, 0.25) is 0 Å². The Kier molecular flexibility index (Phi) is 8.14. The molecule has 0 aromatic carbocycles. The van der Waals surface area contributed by atoms with Crippen LogP contribution in [0.1, 0.15) is 67.2 Å². The van der Waals surface area contributed by atoms with Crippen molar-refractivity contribution >= 4 is 24.0 Å². The number of carbonyl (C=O) groups excluding carboxylic acids is 4. The Bertz CT molecular complexity index is 458. The number of ketones is 1. The van der Waals surface area contributed by atoms with Gasteiger partial charge in [0.15, 0.2) is 17.5 Å². The summed E-state index contributed by atoms with van der Waals surface area (Å²) in [5, 5.41) is 0. The molecule has 6 heteroatoms. The van der Waals surface area contributed by atoms with E-state index in [1.54, 1.807) is 20.8 Å². The third-order valence-corrected chi connectivity index (χ3v) is 4.22. The first kappa shape index (κ1) is 21.3. The zero-order valence-corrected chi connectivity index (χ0v) is 14.9. The Morgan fingerprint density at radius 3 is 1.96 bits per heavy atom. The van der Waals surface area contributed by atoms with Gasteiger partial charge in [0.1, 0.15) is 0 Å². The molecule has 23 heavy (non-hydrogen) atoms. The molecule has 0 aliphatic rings. The average molecular weight is 327 g/mol. The van der Waals surface area contributed by atoms with Crippen molar-refractivity contribution in [2.75, 3.05) is 0 Å². The molecule has 0 fully saturated rings. The second-order valence-electron chi connectivity index (χ2n) is 5.85. The quantitative estimate of drug-likeness (QED) is 0.573. The Morgan fingerprint density at radius 1 is 1.09 bits per heavy atom. The third-order valence-electron chi connectivity index (χ3n) is 4.22. The molecule has 0 spiro atoms. The summed E-state index contributed by atoms with van der Waals surface area (Å²) in [7, 11) is 0. The number of hydrogen-bond acceptors (Lipinski definition) is 6. The van der Waals surface area contributed by atoms with Crippen LogP contribution in [0.5, 0.6) is 0 Å². The summed E-state index contributed by atoms with van der Waals surface area (Å²) < 4.78 is 10.8. The van der Waals surface area contributed by atoms with Gasteiger partial charge in [-0.3, -0.25) is 19.2 Å². The van der Waals surface area contributed by atoms with Gasteiger partial charge in [0.05, 0.1) is 5.41 Å². The first-order valence-corrected chi connectivity index (χ1v) is 7.92. The number of esters is 2. The van der Waals surface area contributed by atoms with Crippen LogP contribution in [0.3, 0.4) is 0 Å². The molecule has 6 nitrogen and oxygen atoms in total. The summed E-state index contributed by atoms with van der Waals surface area (Å²) in [6, 6.07) is 0. The highest BCUT2D eigenvalue weighted by Crippen LogP contribution is 2.43. The van der Waals surface area contributed by atoms with Gasteiger partial charge in [-0.2, -0.15) is 0 Å². The molecule has 0 aliphatic heterocycles. The molecule has 131 valence electrons. The lowest BCUT2D eigenvalue weighted by molar-refractivity contribution is -0.204. The minimum Gasteiger partial charge on any atom is -0.454 e. The van der Waals surface area contributed by atoms with Crippen LogP contribution in [0.15, 0.2) is 0 Å². The second-order valence-corrected chi connectivity index (χ2v) is 5.85. The predicted octanol–water partition coefficient (Wildman–Crippen LogP) is 2.53. The maximum absolute atomic E-state index is 12.1. The Labute approximate surface area is 137 Å². The summed E-state index contributed by atoms with van der Waals surface area (Å²) in [6.07, 6.45) is 1.67. The molecule has 0 heterocycles. The van der Waals surface area contributed by atoms with Gasteiger partial charge in [-0.05, 0) is 33.1 Å². The van der Waals surface area contributed by atoms with Crippen molar-refractivity contribution in [3.05, 3.63) is 0 Å². The zero-order valence-electron chi connectivity index (χ0n) is 14.9. The Balaban J connectivity index is 6.19. The van der Waals surface area contributed by atoms with E-state index in [1.807, 2.05) is 13.2 Å². The number of hydrogen-bond donors (Lipinski definition) is 0. The normalized spacial score (nSPS) is 17.3. The van der Waals surface area contributed by atoms with Gasteiger partial charge in [-0.1, -0.05) is 20.8 Å². The molecule has 0 bridgehead atoms. The van der Waals surface area contributed by atoms with Crippen LogP contribution in [0, 0.1) is 5.41 Å². The summed E-state index contributed by atoms with van der Waals surface area (Å²) >= 11 is 0. The summed E-state index contributed by atoms with van der Waals surface area (Å²) in [5.41, 5.74) is -2.86. The van der Waals surface area contributed by atoms with Crippen molar-refractivity contribution in [1.82, 2.24) is 0 Å². The molecule has 0 rings (SSSR count). The van der Waals surface area contributed by atoms with E-state index in [2.05, 4.69) is 0 Å². The number of Topliss-reactive ketones (excluding diaryl/α,β-unsaturated/α-hetero) is 1. The van der Waals surface area contributed by atoms with Gasteiger partial charge in [0.2, 0.25) is 6.29 Å². The Morgan fingerprint density at radius 2 is 1.65 bits per heavy atom. The first-order valence-electron chi connectivity index (χ1n) is 7.92. The van der Waals surface area contributed by atoms with Crippen LogP contribution in [-0.4, -0.2) is 35.7 Å². The smallest absolute Gasteiger partial charge is 0.306 e. The molecular weight excluding hydrogens is 300 g/mol. The van der Waals surface area contributed by atoms with Crippen molar-refractivity contribution in [1.29, 1.82) is 0 Å². The summed E-state index contributed by atoms with van der Waals surface area (Å²) in [4.78, 5) is 47.3. The van der Waals surface area contributed by atoms with Crippen molar-refractivity contribution in [3.8, 4) is 0 Å². The van der Waals surface area contributed by atoms with Gasteiger partial charge in [-0.25, -0.2) is 0 Å². The number of rotatable bonds is 10. The lowest BCUT2D eigenvalue weighted by Crippen LogP contribution is -2.61. The molecule has 0 saturated carbocycles. The molecule has 0 aliphatic carbocycles. The third kappa shape index (κ3) is 4.62. The molecule has 3 atom stereocenters. The monoisotopic (exact) mass is 327 g/mol. The molecule has 3 unspecified atom stereocenters. The second kappa shape index (κ2) is 8.79. The number of carbonyl (C=O) groups is 3. The van der Waals surface area contributed by atoms with Gasteiger partial charge in [-0.15, -0.1) is 0 Å². The van der Waals surface area contributed by atoms with E-state index >= 15 is 0 Å². The molecule has 1 radical (unpaired) electrons. The van der Waals surface area contributed by atoms with Gasteiger partial charge < -0.3 is 9.47 Å². The lowest BCUT2D eigenvalue weighted by Gasteiger charge is -2.46. The van der Waals surface area contributed by atoms with E-state index in [4.69, 9.17) is 9.47 Å². The van der Waals surface area contributed by atoms with Crippen LogP contribution in [0.25, 0.3) is 0 Å². The SMILES string of the molecule is CCCC(=O)OC(CC)(C(OC(C)=O)C(C)=O)C(C)([C]=O)CC. The van der Waals surface area contributed by atoms with Crippen LogP contribution in [-0.2, 0) is 28.7 Å². The zero-order chi connectivity index (χ0) is 18.3. The summed E-state index contributed by atoms with van der Waals surface area (Å²) in [6.45, 7) is 9.19. The van der Waals surface area contributed by atoms with E-state index in [9.17, 15) is 19.2 Å². The average Bonchev–Trinajstić information content (AvgIpc) is 2.49. The first-order chi connectivity index (χ1) is 10.6. The summed E-state index contributed by atoms with van der Waals surface area (Å²) in [5.74, 6) is -1.71. The molecule has 0 aromatic heterocycles. The van der Waals surface area contributed by atoms with Crippen molar-refractivity contribution in [2.24, 2.45) is 5.41 Å². The highest BCUT2D eigenvalue weighted by molar-refractivity contribution is 5.86. The maximum atomic E-state index is 12.1. The minimum absolute atomic E-state index is 0.138. The van der Waals surface area contributed by atoms with Crippen molar-refractivity contribution < 1.29 is 28.7 Å². The molecule has 0 aromatic rings. The Hall–Kier alpha value is -1.72. The molecular formula is C17H27O6. The molecule has 0 amide bonds. The van der Waals surface area contributed by atoms with Crippen molar-refractivity contribution in [2.45, 2.75) is 78.9 Å². The van der Waals surface area contributed by atoms with Gasteiger partial charge >= 0.3 is 11.9 Å². The molecule has 0 saturated heterocycles. The minimum atomic E-state index is -1.58. The number of ether oxygens (including phenoxy) is 2. The fraction of sp³-hybridized carbons (Fsp3) is 0.765. The van der Waals surface area contributed by atoms with Crippen LogP contribution >= 0.6 is 0 Å². The van der Waals surface area contributed by atoms with Gasteiger partial charge in [0, 0.05) is 13.3 Å². The highest BCUT2D eigenvalue weighted by atomic mass is 16.6. The topological polar surface area (TPSA) is 86.7 Å². The van der Waals surface area contributed by atoms with Gasteiger partial charge in [0.25, 0.3) is 0 Å². The van der Waals surface area contributed by atoms with E-state index < -0.39 is 34.8 Å². The van der Waals surface area contributed by atoms with E-state index in [1.165, 1.54) is 6.92 Å². The van der Waals surface area contributed by atoms with E-state index in [-0.39, 0.29) is 19.3 Å². The maximum Gasteiger partial charge on any atom is 0.306 e. The molecule has 0 N–H and O–H groups in total. The van der Waals surface area contributed by atoms with E-state index in [0.29, 0.717) is 6.42 Å². The lowest BCUT2D eigenvalue weighted by atomic mass is 9.66. The predicted molar refractivity (Wildman–Crippen MR) is 84.3 cm³/mol. The van der Waals surface area contributed by atoms with Crippen LogP contribution < -0.4 is 0 Å². The van der Waals surface area contributed by atoms with Crippen LogP contribution in [0.4, 0.5) is 0 Å².